The van der Waals surface area contributed by atoms with Crippen LogP contribution in [0.3, 0.4) is 0 Å². The summed E-state index contributed by atoms with van der Waals surface area (Å²) in [6.45, 7) is 1.87. The number of ether oxygens (including phenoxy) is 2. The van der Waals surface area contributed by atoms with Crippen LogP contribution in [0.2, 0.25) is 0 Å². The van der Waals surface area contributed by atoms with Gasteiger partial charge in [0.25, 0.3) is 0 Å². The fourth-order valence-corrected chi connectivity index (χ4v) is 2.06. The molecule has 0 bridgehead atoms. The molecule has 2 rings (SSSR count). The molecule has 0 aromatic heterocycles. The van der Waals surface area contributed by atoms with Crippen molar-refractivity contribution in [3.8, 4) is 5.75 Å². The normalized spacial score (nSPS) is 17.9. The van der Waals surface area contributed by atoms with Gasteiger partial charge in [0.2, 0.25) is 5.91 Å². The van der Waals surface area contributed by atoms with Crippen LogP contribution in [0.15, 0.2) is 24.3 Å². The summed E-state index contributed by atoms with van der Waals surface area (Å²) in [5, 5.41) is 2.86. The van der Waals surface area contributed by atoms with E-state index in [1.54, 1.807) is 12.1 Å². The first-order valence-corrected chi connectivity index (χ1v) is 7.03. The lowest BCUT2D eigenvalue weighted by Gasteiger charge is -2.10. The number of carbonyl (C=O) groups excluding carboxylic acids is 1. The number of unbranched alkanes of at least 4 members (excludes halogenated alkanes) is 1. The minimum atomic E-state index is -0.269. The molecule has 0 radical (unpaired) electrons. The maximum Gasteiger partial charge on any atom is 0.249 e. The molecule has 1 aromatic rings. The van der Waals surface area contributed by atoms with Crippen molar-refractivity contribution in [3.05, 3.63) is 30.1 Å². The molecule has 1 amide bonds. The van der Waals surface area contributed by atoms with Gasteiger partial charge >= 0.3 is 0 Å². The highest BCUT2D eigenvalue weighted by Gasteiger charge is 2.22. The van der Waals surface area contributed by atoms with Crippen LogP contribution in [0.4, 0.5) is 4.39 Å². The van der Waals surface area contributed by atoms with Crippen LogP contribution >= 0.6 is 0 Å². The quantitative estimate of drug-likeness (QED) is 0.780. The molecule has 1 unspecified atom stereocenters. The molecule has 0 aliphatic carbocycles. The van der Waals surface area contributed by atoms with E-state index in [2.05, 4.69) is 5.32 Å². The summed E-state index contributed by atoms with van der Waals surface area (Å²) in [7, 11) is 0. The second kappa shape index (κ2) is 7.85. The molecule has 4 nitrogen and oxygen atoms in total. The minimum absolute atomic E-state index is 0.0121. The van der Waals surface area contributed by atoms with Gasteiger partial charge in [-0.1, -0.05) is 0 Å². The third kappa shape index (κ3) is 4.81. The molecule has 1 aromatic carbocycles. The summed E-state index contributed by atoms with van der Waals surface area (Å²) in [6, 6.07) is 5.96. The smallest absolute Gasteiger partial charge is 0.249 e. The summed E-state index contributed by atoms with van der Waals surface area (Å²) in [4.78, 5) is 11.6. The summed E-state index contributed by atoms with van der Waals surface area (Å²) in [6.07, 6.45) is 3.21. The molecule has 1 N–H and O–H groups in total. The van der Waals surface area contributed by atoms with Gasteiger partial charge in [0.05, 0.1) is 6.61 Å². The van der Waals surface area contributed by atoms with Gasteiger partial charge in [0.1, 0.15) is 17.7 Å². The average molecular weight is 281 g/mol. The monoisotopic (exact) mass is 281 g/mol. The highest BCUT2D eigenvalue weighted by molar-refractivity contribution is 5.80. The van der Waals surface area contributed by atoms with Crippen molar-refractivity contribution >= 4 is 5.91 Å². The van der Waals surface area contributed by atoms with Crippen molar-refractivity contribution in [2.24, 2.45) is 0 Å². The molecular formula is C15H20FNO3. The largest absolute Gasteiger partial charge is 0.494 e. The van der Waals surface area contributed by atoms with E-state index in [0.29, 0.717) is 25.5 Å². The molecular weight excluding hydrogens is 261 g/mol. The Labute approximate surface area is 118 Å². The number of amides is 1. The second-order valence-corrected chi connectivity index (χ2v) is 4.80. The van der Waals surface area contributed by atoms with Crippen LogP contribution < -0.4 is 10.1 Å². The first-order chi connectivity index (χ1) is 9.75. The molecule has 1 heterocycles. The van der Waals surface area contributed by atoms with Crippen molar-refractivity contribution in [3.63, 3.8) is 0 Å². The van der Waals surface area contributed by atoms with E-state index in [1.807, 2.05) is 0 Å². The molecule has 1 aliphatic rings. The number of hydrogen-bond acceptors (Lipinski definition) is 3. The zero-order valence-electron chi connectivity index (χ0n) is 11.4. The van der Waals surface area contributed by atoms with E-state index in [9.17, 15) is 9.18 Å². The summed E-state index contributed by atoms with van der Waals surface area (Å²) in [5.74, 6) is 0.380. The fraction of sp³-hybridized carbons (Fsp3) is 0.533. The number of rotatable bonds is 7. The fourth-order valence-electron chi connectivity index (χ4n) is 2.06. The standard InChI is InChI=1S/C15H20FNO3/c16-12-5-7-13(8-6-12)19-10-2-1-9-17-15(18)14-4-3-11-20-14/h5-8,14H,1-4,9-11H2,(H,17,18). The summed E-state index contributed by atoms with van der Waals surface area (Å²) in [5.41, 5.74) is 0. The van der Waals surface area contributed by atoms with Gasteiger partial charge in [0, 0.05) is 13.2 Å². The first kappa shape index (κ1) is 14.8. The zero-order chi connectivity index (χ0) is 14.2. The Balaban J connectivity index is 1.51. The van der Waals surface area contributed by atoms with Gasteiger partial charge < -0.3 is 14.8 Å². The predicted octanol–water partition coefficient (Wildman–Crippen LogP) is 2.28. The van der Waals surface area contributed by atoms with Crippen molar-refractivity contribution in [1.29, 1.82) is 0 Å². The van der Waals surface area contributed by atoms with Crippen LogP contribution in [-0.2, 0) is 9.53 Å². The highest BCUT2D eigenvalue weighted by Crippen LogP contribution is 2.12. The van der Waals surface area contributed by atoms with Crippen LogP contribution in [0, 0.1) is 5.82 Å². The predicted molar refractivity (Wildman–Crippen MR) is 73.1 cm³/mol. The molecule has 1 aliphatic heterocycles. The minimum Gasteiger partial charge on any atom is -0.494 e. The van der Waals surface area contributed by atoms with E-state index in [4.69, 9.17) is 9.47 Å². The molecule has 1 atom stereocenters. The highest BCUT2D eigenvalue weighted by atomic mass is 19.1. The summed E-state index contributed by atoms with van der Waals surface area (Å²) >= 11 is 0. The lowest BCUT2D eigenvalue weighted by atomic mass is 10.2. The van der Waals surface area contributed by atoms with E-state index < -0.39 is 0 Å². The Bertz CT molecular complexity index is 416. The van der Waals surface area contributed by atoms with Gasteiger partial charge in [0.15, 0.2) is 0 Å². The van der Waals surface area contributed by atoms with Crippen LogP contribution in [0.5, 0.6) is 5.75 Å². The van der Waals surface area contributed by atoms with E-state index >= 15 is 0 Å². The van der Waals surface area contributed by atoms with Gasteiger partial charge in [-0.05, 0) is 49.9 Å². The molecule has 0 spiro atoms. The SMILES string of the molecule is O=C(NCCCCOc1ccc(F)cc1)C1CCCO1. The topological polar surface area (TPSA) is 47.6 Å². The van der Waals surface area contributed by atoms with Gasteiger partial charge in [-0.25, -0.2) is 4.39 Å². The molecule has 1 saturated heterocycles. The Morgan fingerprint density at radius 3 is 2.85 bits per heavy atom. The van der Waals surface area contributed by atoms with Crippen molar-refractivity contribution < 1.29 is 18.7 Å². The molecule has 0 saturated carbocycles. The first-order valence-electron chi connectivity index (χ1n) is 7.03. The molecule has 1 fully saturated rings. The third-order valence-electron chi connectivity index (χ3n) is 3.17. The molecule has 5 heteroatoms. The Kier molecular flexibility index (Phi) is 5.80. The lowest BCUT2D eigenvalue weighted by molar-refractivity contribution is -0.130. The maximum atomic E-state index is 12.7. The van der Waals surface area contributed by atoms with Crippen molar-refractivity contribution in [2.75, 3.05) is 19.8 Å². The lowest BCUT2D eigenvalue weighted by Crippen LogP contribution is -2.34. The van der Waals surface area contributed by atoms with E-state index in [1.165, 1.54) is 12.1 Å². The molecule has 20 heavy (non-hydrogen) atoms. The van der Waals surface area contributed by atoms with Gasteiger partial charge in [-0.3, -0.25) is 4.79 Å². The Morgan fingerprint density at radius 2 is 2.15 bits per heavy atom. The van der Waals surface area contributed by atoms with Gasteiger partial charge in [-0.2, -0.15) is 0 Å². The molecule has 110 valence electrons. The van der Waals surface area contributed by atoms with Crippen molar-refractivity contribution in [1.82, 2.24) is 5.32 Å². The number of nitrogens with one attached hydrogen (secondary N) is 1. The number of halogens is 1. The Morgan fingerprint density at radius 1 is 1.35 bits per heavy atom. The number of hydrogen-bond donors (Lipinski definition) is 1. The average Bonchev–Trinajstić information content (AvgIpc) is 2.98. The van der Waals surface area contributed by atoms with Crippen LogP contribution in [0.25, 0.3) is 0 Å². The second-order valence-electron chi connectivity index (χ2n) is 4.80. The van der Waals surface area contributed by atoms with Gasteiger partial charge in [-0.15, -0.1) is 0 Å². The third-order valence-corrected chi connectivity index (χ3v) is 3.17. The van der Waals surface area contributed by atoms with E-state index in [-0.39, 0.29) is 17.8 Å². The number of benzene rings is 1. The van der Waals surface area contributed by atoms with E-state index in [0.717, 1.165) is 25.7 Å². The maximum absolute atomic E-state index is 12.7. The Hall–Kier alpha value is -1.62. The summed E-state index contributed by atoms with van der Waals surface area (Å²) < 4.78 is 23.4. The van der Waals surface area contributed by atoms with Crippen LogP contribution in [-0.4, -0.2) is 31.8 Å². The van der Waals surface area contributed by atoms with Crippen LogP contribution in [0.1, 0.15) is 25.7 Å². The zero-order valence-corrected chi connectivity index (χ0v) is 11.4. The number of carbonyl (C=O) groups is 1. The van der Waals surface area contributed by atoms with Crippen molar-refractivity contribution in [2.45, 2.75) is 31.8 Å².